The van der Waals surface area contributed by atoms with Gasteiger partial charge in [0.25, 0.3) is 0 Å². The fourth-order valence-corrected chi connectivity index (χ4v) is 3.88. The largest absolute Gasteiger partial charge is 0.467 e. The first kappa shape index (κ1) is 13.2. The van der Waals surface area contributed by atoms with Crippen molar-refractivity contribution >= 4 is 22.9 Å². The van der Waals surface area contributed by atoms with Gasteiger partial charge in [0.15, 0.2) is 0 Å². The van der Waals surface area contributed by atoms with Crippen LogP contribution in [0.5, 0.6) is 0 Å². The van der Waals surface area contributed by atoms with Crippen molar-refractivity contribution in [2.24, 2.45) is 0 Å². The molecule has 1 aliphatic rings. The molecule has 0 radical (unpaired) electrons. The van der Waals surface area contributed by atoms with Crippen LogP contribution in [-0.4, -0.2) is 6.04 Å². The SMILES string of the molecule is Clc1ccc(C(NC2CCCCC2)c2ccco2)s1. The highest BCUT2D eigenvalue weighted by atomic mass is 35.5. The molecule has 102 valence electrons. The summed E-state index contributed by atoms with van der Waals surface area (Å²) >= 11 is 7.69. The van der Waals surface area contributed by atoms with Gasteiger partial charge in [0.2, 0.25) is 0 Å². The molecule has 1 unspecified atom stereocenters. The Morgan fingerprint density at radius 1 is 1.21 bits per heavy atom. The molecule has 1 fully saturated rings. The van der Waals surface area contributed by atoms with Crippen molar-refractivity contribution in [3.05, 3.63) is 45.5 Å². The molecule has 2 heterocycles. The Morgan fingerprint density at radius 3 is 2.68 bits per heavy atom. The van der Waals surface area contributed by atoms with Crippen molar-refractivity contribution in [2.45, 2.75) is 44.2 Å². The second kappa shape index (κ2) is 6.12. The van der Waals surface area contributed by atoms with Gasteiger partial charge in [-0.2, -0.15) is 0 Å². The highest BCUT2D eigenvalue weighted by Crippen LogP contribution is 2.33. The van der Waals surface area contributed by atoms with Crippen LogP contribution in [0.2, 0.25) is 4.34 Å². The zero-order valence-electron chi connectivity index (χ0n) is 10.8. The first-order valence-electron chi connectivity index (χ1n) is 6.87. The minimum absolute atomic E-state index is 0.135. The summed E-state index contributed by atoms with van der Waals surface area (Å²) in [6, 6.07) is 8.75. The third kappa shape index (κ3) is 3.22. The number of nitrogens with one attached hydrogen (secondary N) is 1. The van der Waals surface area contributed by atoms with Gasteiger partial charge in [-0.1, -0.05) is 30.9 Å². The van der Waals surface area contributed by atoms with E-state index in [2.05, 4.69) is 11.4 Å². The molecule has 4 heteroatoms. The molecule has 0 amide bonds. The number of hydrogen-bond donors (Lipinski definition) is 1. The van der Waals surface area contributed by atoms with Crippen LogP contribution < -0.4 is 5.32 Å². The predicted octanol–water partition coefficient (Wildman–Crippen LogP) is 5.01. The van der Waals surface area contributed by atoms with Gasteiger partial charge in [0, 0.05) is 10.9 Å². The molecule has 0 aromatic carbocycles. The van der Waals surface area contributed by atoms with E-state index in [-0.39, 0.29) is 6.04 Å². The second-order valence-electron chi connectivity index (χ2n) is 5.09. The summed E-state index contributed by atoms with van der Waals surface area (Å²) < 4.78 is 6.43. The van der Waals surface area contributed by atoms with Crippen molar-refractivity contribution in [2.75, 3.05) is 0 Å². The molecule has 3 rings (SSSR count). The first-order valence-corrected chi connectivity index (χ1v) is 8.07. The molecule has 0 bridgehead atoms. The number of furan rings is 1. The van der Waals surface area contributed by atoms with Gasteiger partial charge >= 0.3 is 0 Å². The second-order valence-corrected chi connectivity index (χ2v) is 6.84. The van der Waals surface area contributed by atoms with E-state index in [0.29, 0.717) is 6.04 Å². The predicted molar refractivity (Wildman–Crippen MR) is 79.9 cm³/mol. The lowest BCUT2D eigenvalue weighted by Crippen LogP contribution is -2.34. The van der Waals surface area contributed by atoms with E-state index in [9.17, 15) is 0 Å². The Balaban J connectivity index is 1.80. The van der Waals surface area contributed by atoms with Gasteiger partial charge in [-0.3, -0.25) is 0 Å². The molecule has 0 aliphatic heterocycles. The van der Waals surface area contributed by atoms with Crippen LogP contribution in [0.3, 0.4) is 0 Å². The van der Waals surface area contributed by atoms with E-state index in [1.807, 2.05) is 18.2 Å². The molecule has 1 saturated carbocycles. The van der Waals surface area contributed by atoms with Gasteiger partial charge in [0.05, 0.1) is 10.6 Å². The van der Waals surface area contributed by atoms with Crippen LogP contribution in [0, 0.1) is 0 Å². The summed E-state index contributed by atoms with van der Waals surface area (Å²) in [5.74, 6) is 0.976. The maximum Gasteiger partial charge on any atom is 0.126 e. The lowest BCUT2D eigenvalue weighted by molar-refractivity contribution is 0.335. The van der Waals surface area contributed by atoms with Crippen molar-refractivity contribution in [3.63, 3.8) is 0 Å². The summed E-state index contributed by atoms with van der Waals surface area (Å²) in [4.78, 5) is 1.23. The van der Waals surface area contributed by atoms with E-state index < -0.39 is 0 Å². The molecule has 1 atom stereocenters. The monoisotopic (exact) mass is 295 g/mol. The minimum Gasteiger partial charge on any atom is -0.467 e. The van der Waals surface area contributed by atoms with Gasteiger partial charge in [0.1, 0.15) is 11.8 Å². The Bertz CT molecular complexity index is 502. The fraction of sp³-hybridized carbons (Fsp3) is 0.467. The summed E-state index contributed by atoms with van der Waals surface area (Å²) in [5.41, 5.74) is 0. The van der Waals surface area contributed by atoms with E-state index in [1.54, 1.807) is 17.6 Å². The van der Waals surface area contributed by atoms with Crippen LogP contribution in [0.25, 0.3) is 0 Å². The average Bonchev–Trinajstić information content (AvgIpc) is 3.09. The number of rotatable bonds is 4. The van der Waals surface area contributed by atoms with Crippen molar-refractivity contribution < 1.29 is 4.42 Å². The zero-order valence-corrected chi connectivity index (χ0v) is 12.3. The maximum absolute atomic E-state index is 6.07. The van der Waals surface area contributed by atoms with E-state index >= 15 is 0 Å². The summed E-state index contributed by atoms with van der Waals surface area (Å²) in [5, 5.41) is 3.75. The zero-order chi connectivity index (χ0) is 13.1. The molecular weight excluding hydrogens is 278 g/mol. The molecule has 19 heavy (non-hydrogen) atoms. The lowest BCUT2D eigenvalue weighted by atomic mass is 9.94. The number of thiophene rings is 1. The van der Waals surface area contributed by atoms with Crippen LogP contribution in [-0.2, 0) is 0 Å². The number of hydrogen-bond acceptors (Lipinski definition) is 3. The van der Waals surface area contributed by atoms with Gasteiger partial charge in [-0.15, -0.1) is 11.3 Å². The van der Waals surface area contributed by atoms with Crippen LogP contribution >= 0.6 is 22.9 Å². The fourth-order valence-electron chi connectivity index (χ4n) is 2.75. The third-order valence-corrected chi connectivity index (χ3v) is 5.01. The van der Waals surface area contributed by atoms with Crippen molar-refractivity contribution in [1.82, 2.24) is 5.32 Å². The minimum atomic E-state index is 0.135. The highest BCUT2D eigenvalue weighted by molar-refractivity contribution is 7.16. The topological polar surface area (TPSA) is 25.2 Å². The molecule has 1 N–H and O–H groups in total. The summed E-state index contributed by atoms with van der Waals surface area (Å²) in [7, 11) is 0. The third-order valence-electron chi connectivity index (χ3n) is 3.71. The first-order chi connectivity index (χ1) is 9.33. The smallest absolute Gasteiger partial charge is 0.126 e. The van der Waals surface area contributed by atoms with Gasteiger partial charge in [-0.05, 0) is 37.1 Å². The quantitative estimate of drug-likeness (QED) is 0.858. The van der Waals surface area contributed by atoms with E-state index in [1.165, 1.54) is 37.0 Å². The molecule has 2 aromatic rings. The maximum atomic E-state index is 6.07. The Hall–Kier alpha value is -0.770. The van der Waals surface area contributed by atoms with E-state index in [0.717, 1.165) is 10.1 Å². The highest BCUT2D eigenvalue weighted by Gasteiger charge is 2.23. The number of halogens is 1. The summed E-state index contributed by atoms with van der Waals surface area (Å²) in [6.45, 7) is 0. The van der Waals surface area contributed by atoms with Gasteiger partial charge in [-0.25, -0.2) is 0 Å². The molecule has 1 aliphatic carbocycles. The van der Waals surface area contributed by atoms with Crippen molar-refractivity contribution in [3.8, 4) is 0 Å². The van der Waals surface area contributed by atoms with Crippen LogP contribution in [0.4, 0.5) is 0 Å². The average molecular weight is 296 g/mol. The Morgan fingerprint density at radius 2 is 2.05 bits per heavy atom. The standard InChI is InChI=1S/C15H18ClNOS/c16-14-9-8-13(19-14)15(12-7-4-10-18-12)17-11-5-2-1-3-6-11/h4,7-11,15,17H,1-3,5-6H2. The molecule has 2 nitrogen and oxygen atoms in total. The lowest BCUT2D eigenvalue weighted by Gasteiger charge is -2.27. The van der Waals surface area contributed by atoms with Crippen molar-refractivity contribution in [1.29, 1.82) is 0 Å². The normalized spacial score (nSPS) is 18.6. The molecule has 2 aromatic heterocycles. The molecular formula is C15H18ClNOS. The van der Waals surface area contributed by atoms with Crippen LogP contribution in [0.15, 0.2) is 34.9 Å². The Labute approximate surface area is 122 Å². The summed E-state index contributed by atoms with van der Waals surface area (Å²) in [6.07, 6.45) is 8.28. The molecule has 0 saturated heterocycles. The van der Waals surface area contributed by atoms with E-state index in [4.69, 9.17) is 16.0 Å². The Kier molecular flexibility index (Phi) is 4.26. The van der Waals surface area contributed by atoms with Crippen LogP contribution in [0.1, 0.15) is 48.8 Å². The van der Waals surface area contributed by atoms with Gasteiger partial charge < -0.3 is 9.73 Å². The molecule has 0 spiro atoms.